The van der Waals surface area contributed by atoms with Crippen LogP contribution in [0.5, 0.6) is 11.5 Å². The molecule has 1 aromatic rings. The van der Waals surface area contributed by atoms with Crippen molar-refractivity contribution in [1.29, 1.82) is 0 Å². The molecule has 0 saturated carbocycles. The third-order valence-corrected chi connectivity index (χ3v) is 3.79. The van der Waals surface area contributed by atoms with Gasteiger partial charge in [0.25, 0.3) is 0 Å². The van der Waals surface area contributed by atoms with Gasteiger partial charge >= 0.3 is 0 Å². The van der Waals surface area contributed by atoms with Crippen molar-refractivity contribution < 1.29 is 14.6 Å². The lowest BCUT2D eigenvalue weighted by Gasteiger charge is -2.35. The fourth-order valence-electron chi connectivity index (χ4n) is 2.43. The van der Waals surface area contributed by atoms with Crippen LogP contribution in [0.3, 0.4) is 0 Å². The maximum Gasteiger partial charge on any atom is 0.161 e. The molecule has 1 N–H and O–H groups in total. The van der Waals surface area contributed by atoms with E-state index >= 15 is 0 Å². The zero-order valence-corrected chi connectivity index (χ0v) is 12.0. The second-order valence-corrected chi connectivity index (χ2v) is 5.46. The van der Waals surface area contributed by atoms with E-state index in [4.69, 9.17) is 9.47 Å². The summed E-state index contributed by atoms with van der Waals surface area (Å²) in [4.78, 5) is 2.36. The molecule has 1 aliphatic heterocycles. The van der Waals surface area contributed by atoms with Crippen LogP contribution in [0, 0.1) is 0 Å². The largest absolute Gasteiger partial charge is 0.493 e. The smallest absolute Gasteiger partial charge is 0.161 e. The number of ether oxygens (including phenoxy) is 2. The molecule has 0 atom stereocenters. The van der Waals surface area contributed by atoms with Gasteiger partial charge in [-0.15, -0.1) is 0 Å². The zero-order valence-electron chi connectivity index (χ0n) is 12.0. The van der Waals surface area contributed by atoms with Crippen LogP contribution in [-0.2, 0) is 6.54 Å². The Hall–Kier alpha value is -1.26. The Kier molecular flexibility index (Phi) is 4.32. The van der Waals surface area contributed by atoms with E-state index in [1.54, 1.807) is 14.2 Å². The monoisotopic (exact) mass is 265 g/mol. The highest BCUT2D eigenvalue weighted by Crippen LogP contribution is 2.29. The predicted molar refractivity (Wildman–Crippen MR) is 74.7 cm³/mol. The Balaban J connectivity index is 2.00. The molecular formula is C15H23NO3. The first-order chi connectivity index (χ1) is 9.04. The van der Waals surface area contributed by atoms with Crippen molar-refractivity contribution >= 4 is 0 Å². The molecule has 2 rings (SSSR count). The number of piperidine rings is 1. The molecule has 1 fully saturated rings. The Morgan fingerprint density at radius 2 is 1.79 bits per heavy atom. The topological polar surface area (TPSA) is 41.9 Å². The van der Waals surface area contributed by atoms with Crippen molar-refractivity contribution in [2.24, 2.45) is 0 Å². The molecule has 4 heteroatoms. The van der Waals surface area contributed by atoms with Gasteiger partial charge in [0.1, 0.15) is 0 Å². The van der Waals surface area contributed by atoms with Crippen LogP contribution < -0.4 is 9.47 Å². The first-order valence-electron chi connectivity index (χ1n) is 6.70. The molecule has 0 aliphatic carbocycles. The van der Waals surface area contributed by atoms with Crippen molar-refractivity contribution in [3.05, 3.63) is 23.8 Å². The summed E-state index contributed by atoms with van der Waals surface area (Å²) in [5.74, 6) is 1.52. The summed E-state index contributed by atoms with van der Waals surface area (Å²) in [6.07, 6.45) is 1.67. The van der Waals surface area contributed by atoms with Gasteiger partial charge < -0.3 is 14.6 Å². The maximum atomic E-state index is 9.95. The molecule has 19 heavy (non-hydrogen) atoms. The van der Waals surface area contributed by atoms with Gasteiger partial charge in [0, 0.05) is 19.6 Å². The van der Waals surface area contributed by atoms with E-state index in [0.29, 0.717) is 0 Å². The summed E-state index contributed by atoms with van der Waals surface area (Å²) < 4.78 is 10.6. The summed E-state index contributed by atoms with van der Waals surface area (Å²) in [7, 11) is 3.30. The average Bonchev–Trinajstić information content (AvgIpc) is 2.41. The van der Waals surface area contributed by atoms with E-state index in [1.165, 1.54) is 5.56 Å². The van der Waals surface area contributed by atoms with Gasteiger partial charge in [-0.25, -0.2) is 0 Å². The Bertz CT molecular complexity index is 421. The summed E-state index contributed by atoms with van der Waals surface area (Å²) in [6, 6.07) is 6.02. The molecule has 4 nitrogen and oxygen atoms in total. The van der Waals surface area contributed by atoms with Gasteiger partial charge in [0.15, 0.2) is 11.5 Å². The highest BCUT2D eigenvalue weighted by atomic mass is 16.5. The van der Waals surface area contributed by atoms with E-state index in [9.17, 15) is 5.11 Å². The number of aliphatic hydroxyl groups is 1. The predicted octanol–water partition coefficient (Wildman–Crippen LogP) is 2.05. The van der Waals surface area contributed by atoms with Gasteiger partial charge in [-0.2, -0.15) is 0 Å². The molecule has 0 bridgehead atoms. The van der Waals surface area contributed by atoms with Crippen molar-refractivity contribution in [2.45, 2.75) is 31.9 Å². The summed E-state index contributed by atoms with van der Waals surface area (Å²) in [6.45, 7) is 4.67. The lowest BCUT2D eigenvalue weighted by Crippen LogP contribution is -2.41. The van der Waals surface area contributed by atoms with Crippen LogP contribution in [0.1, 0.15) is 25.3 Å². The fourth-order valence-corrected chi connectivity index (χ4v) is 2.43. The van der Waals surface area contributed by atoms with Crippen LogP contribution in [0.2, 0.25) is 0 Å². The zero-order chi connectivity index (χ0) is 13.9. The number of hydrogen-bond donors (Lipinski definition) is 1. The minimum atomic E-state index is -0.492. The molecule has 1 saturated heterocycles. The summed E-state index contributed by atoms with van der Waals surface area (Å²) >= 11 is 0. The summed E-state index contributed by atoms with van der Waals surface area (Å²) in [5.41, 5.74) is 0.716. The van der Waals surface area contributed by atoms with Crippen LogP contribution >= 0.6 is 0 Å². The molecule has 0 spiro atoms. The fraction of sp³-hybridized carbons (Fsp3) is 0.600. The first-order valence-corrected chi connectivity index (χ1v) is 6.70. The Morgan fingerprint density at radius 1 is 1.16 bits per heavy atom. The van der Waals surface area contributed by atoms with E-state index in [-0.39, 0.29) is 0 Å². The Morgan fingerprint density at radius 3 is 2.37 bits per heavy atom. The van der Waals surface area contributed by atoms with E-state index in [2.05, 4.69) is 11.0 Å². The molecule has 106 valence electrons. The standard InChI is InChI=1S/C15H23NO3/c1-15(17)6-8-16(9-7-15)11-12-4-5-13(18-2)14(10-12)19-3/h4-5,10,17H,6-9,11H2,1-3H3. The number of benzene rings is 1. The SMILES string of the molecule is COc1ccc(CN2CCC(C)(O)CC2)cc1OC. The average molecular weight is 265 g/mol. The minimum Gasteiger partial charge on any atom is -0.493 e. The highest BCUT2D eigenvalue weighted by molar-refractivity contribution is 5.42. The number of rotatable bonds is 4. The second kappa shape index (κ2) is 5.80. The molecule has 1 aromatic carbocycles. The number of likely N-dealkylation sites (tertiary alicyclic amines) is 1. The van der Waals surface area contributed by atoms with Gasteiger partial charge in [-0.3, -0.25) is 4.90 Å². The third kappa shape index (κ3) is 3.61. The molecule has 0 unspecified atom stereocenters. The van der Waals surface area contributed by atoms with Crippen LogP contribution in [-0.4, -0.2) is 42.9 Å². The van der Waals surface area contributed by atoms with Crippen LogP contribution in [0.25, 0.3) is 0 Å². The normalized spacial score (nSPS) is 19.2. The number of hydrogen-bond acceptors (Lipinski definition) is 4. The minimum absolute atomic E-state index is 0.492. The van der Waals surface area contributed by atoms with Gasteiger partial charge in [0.2, 0.25) is 0 Å². The van der Waals surface area contributed by atoms with Crippen LogP contribution in [0.15, 0.2) is 18.2 Å². The lowest BCUT2D eigenvalue weighted by molar-refractivity contribution is -0.00731. The van der Waals surface area contributed by atoms with Crippen molar-refractivity contribution in [3.8, 4) is 11.5 Å². The van der Waals surface area contributed by atoms with Crippen molar-refractivity contribution in [3.63, 3.8) is 0 Å². The quantitative estimate of drug-likeness (QED) is 0.904. The first kappa shape index (κ1) is 14.2. The van der Waals surface area contributed by atoms with Gasteiger partial charge in [-0.1, -0.05) is 6.07 Å². The van der Waals surface area contributed by atoms with Gasteiger partial charge in [0.05, 0.1) is 19.8 Å². The van der Waals surface area contributed by atoms with Gasteiger partial charge in [-0.05, 0) is 37.5 Å². The number of methoxy groups -OCH3 is 2. The lowest BCUT2D eigenvalue weighted by atomic mass is 9.93. The number of nitrogens with zero attached hydrogens (tertiary/aromatic N) is 1. The van der Waals surface area contributed by atoms with Crippen molar-refractivity contribution in [1.82, 2.24) is 4.90 Å². The molecule has 0 amide bonds. The second-order valence-electron chi connectivity index (χ2n) is 5.46. The molecule has 1 heterocycles. The van der Waals surface area contributed by atoms with Crippen molar-refractivity contribution in [2.75, 3.05) is 27.3 Å². The summed E-state index contributed by atoms with van der Waals surface area (Å²) in [5, 5.41) is 9.95. The molecule has 0 radical (unpaired) electrons. The van der Waals surface area contributed by atoms with E-state index in [1.807, 2.05) is 19.1 Å². The van der Waals surface area contributed by atoms with Crippen LogP contribution in [0.4, 0.5) is 0 Å². The van der Waals surface area contributed by atoms with E-state index < -0.39 is 5.60 Å². The van der Waals surface area contributed by atoms with E-state index in [0.717, 1.165) is 44.0 Å². The Labute approximate surface area is 114 Å². The maximum absolute atomic E-state index is 9.95. The molecule has 1 aliphatic rings. The molecular weight excluding hydrogens is 242 g/mol. The third-order valence-electron chi connectivity index (χ3n) is 3.79. The highest BCUT2D eigenvalue weighted by Gasteiger charge is 2.27. The molecule has 0 aromatic heterocycles.